The maximum absolute atomic E-state index is 13.3. The second-order valence-corrected chi connectivity index (χ2v) is 10.3. The molecule has 0 unspecified atom stereocenters. The van der Waals surface area contributed by atoms with Crippen LogP contribution in [0.1, 0.15) is 49.5 Å². The van der Waals surface area contributed by atoms with Crippen molar-refractivity contribution in [2.45, 2.75) is 61.7 Å². The fraction of sp³-hybridized carbons (Fsp3) is 0.391. The van der Waals surface area contributed by atoms with Crippen LogP contribution >= 0.6 is 11.8 Å². The monoisotopic (exact) mass is 493 g/mol. The third-order valence-corrected chi connectivity index (χ3v) is 6.19. The number of amides is 3. The lowest BCUT2D eigenvalue weighted by atomic mass is 10.1. The van der Waals surface area contributed by atoms with Gasteiger partial charge in [-0.25, -0.2) is 14.5 Å². The summed E-state index contributed by atoms with van der Waals surface area (Å²) in [4.78, 5) is 45.5. The van der Waals surface area contributed by atoms with Crippen molar-refractivity contribution in [2.75, 3.05) is 4.90 Å². The number of urea groups is 1. The van der Waals surface area contributed by atoms with Crippen LogP contribution in [0, 0.1) is 0 Å². The van der Waals surface area contributed by atoms with E-state index in [1.165, 1.54) is 41.6 Å². The molecule has 34 heavy (non-hydrogen) atoms. The van der Waals surface area contributed by atoms with Gasteiger partial charge in [0.25, 0.3) is 5.91 Å². The highest BCUT2D eigenvalue weighted by Gasteiger charge is 2.65. The number of benzene rings is 1. The molecule has 3 amide bonds. The number of pyridine rings is 1. The van der Waals surface area contributed by atoms with Gasteiger partial charge in [-0.05, 0) is 81.3 Å². The van der Waals surface area contributed by atoms with Gasteiger partial charge >= 0.3 is 17.5 Å². The highest BCUT2D eigenvalue weighted by Crippen LogP contribution is 2.50. The molecule has 2 aliphatic rings. The molecule has 2 fully saturated rings. The van der Waals surface area contributed by atoms with E-state index in [-0.39, 0.29) is 34.5 Å². The van der Waals surface area contributed by atoms with Gasteiger partial charge in [0.15, 0.2) is 0 Å². The van der Waals surface area contributed by atoms with Crippen LogP contribution in [0.15, 0.2) is 47.6 Å². The van der Waals surface area contributed by atoms with Crippen molar-refractivity contribution < 1.29 is 32.3 Å². The maximum Gasteiger partial charge on any atom is 0.446 e. The number of halogens is 3. The molecule has 0 radical (unpaired) electrons. The Bertz CT molecular complexity index is 1140. The topological polar surface area (TPSA) is 79.8 Å². The fourth-order valence-corrected chi connectivity index (χ4v) is 4.35. The number of carbonyl (C=O) groups excluding carboxylic acids is 3. The molecule has 0 atom stereocenters. The molecular weight excluding hydrogens is 471 g/mol. The van der Waals surface area contributed by atoms with Crippen molar-refractivity contribution in [2.24, 2.45) is 0 Å². The lowest BCUT2D eigenvalue weighted by Crippen LogP contribution is -2.37. The molecule has 0 bridgehead atoms. The third-order valence-electron chi connectivity index (χ3n) is 5.45. The molecule has 1 saturated heterocycles. The van der Waals surface area contributed by atoms with E-state index in [1.54, 1.807) is 26.8 Å². The minimum atomic E-state index is -4.44. The summed E-state index contributed by atoms with van der Waals surface area (Å²) >= 11 is -0.272. The molecule has 2 heterocycles. The van der Waals surface area contributed by atoms with Gasteiger partial charge < -0.3 is 9.64 Å². The Balaban J connectivity index is 1.59. The highest BCUT2D eigenvalue weighted by atomic mass is 32.2. The quantitative estimate of drug-likeness (QED) is 0.326. The summed E-state index contributed by atoms with van der Waals surface area (Å²) in [7, 11) is 0. The van der Waals surface area contributed by atoms with Gasteiger partial charge in [0.1, 0.15) is 11.1 Å². The van der Waals surface area contributed by atoms with Crippen molar-refractivity contribution in [1.82, 2.24) is 9.88 Å². The number of anilines is 1. The second kappa shape index (κ2) is 8.30. The summed E-state index contributed by atoms with van der Waals surface area (Å²) in [5.74, 6) is -1.02. The van der Waals surface area contributed by atoms with E-state index >= 15 is 0 Å². The summed E-state index contributed by atoms with van der Waals surface area (Å²) in [6.07, 6.45) is 3.77. The van der Waals surface area contributed by atoms with Crippen LogP contribution in [-0.2, 0) is 16.1 Å². The summed E-state index contributed by atoms with van der Waals surface area (Å²) < 4.78 is 43.3. The van der Waals surface area contributed by atoms with Gasteiger partial charge in [-0.15, -0.1) is 0 Å². The zero-order valence-electron chi connectivity index (χ0n) is 18.7. The molecule has 7 nitrogen and oxygen atoms in total. The summed E-state index contributed by atoms with van der Waals surface area (Å²) in [6.45, 7) is 5.19. The number of esters is 1. The summed E-state index contributed by atoms with van der Waals surface area (Å²) in [5.41, 5.74) is -5.32. The van der Waals surface area contributed by atoms with Gasteiger partial charge in [0.05, 0.1) is 11.3 Å². The lowest BCUT2D eigenvalue weighted by Gasteiger charge is -2.24. The standard InChI is InChI=1S/C23H22F3N3O4S/c1-21(2,3)33-18(30)17-12-27-11-8-14(17)13-28-20(32)29(19(31)22(28)9-10-22)15-4-6-16(7-5-15)34-23(24,25)26/h4-8,11-12H,9-10,13H2,1-3H3. The number of hydrogen-bond donors (Lipinski definition) is 0. The Morgan fingerprint density at radius 3 is 2.32 bits per heavy atom. The molecule has 4 rings (SSSR count). The number of thioether (sulfide) groups is 1. The minimum Gasteiger partial charge on any atom is -0.456 e. The zero-order valence-corrected chi connectivity index (χ0v) is 19.5. The number of ether oxygens (including phenoxy) is 1. The van der Waals surface area contributed by atoms with E-state index in [4.69, 9.17) is 4.74 Å². The van der Waals surface area contributed by atoms with Crippen molar-refractivity contribution in [3.8, 4) is 0 Å². The largest absolute Gasteiger partial charge is 0.456 e. The van der Waals surface area contributed by atoms with Crippen LogP contribution in [0.4, 0.5) is 23.7 Å². The Hall–Kier alpha value is -3.08. The molecule has 1 aromatic heterocycles. The van der Waals surface area contributed by atoms with Crippen molar-refractivity contribution in [3.05, 3.63) is 53.9 Å². The van der Waals surface area contributed by atoms with Crippen LogP contribution in [0.25, 0.3) is 0 Å². The van der Waals surface area contributed by atoms with Gasteiger partial charge in [-0.1, -0.05) is 0 Å². The first-order valence-corrected chi connectivity index (χ1v) is 11.3. The minimum absolute atomic E-state index is 0.0137. The second-order valence-electron chi connectivity index (χ2n) is 9.12. The van der Waals surface area contributed by atoms with Crippen molar-refractivity contribution in [3.63, 3.8) is 0 Å². The number of alkyl halides is 3. The first kappa shape index (κ1) is 24.1. The molecule has 1 aliphatic carbocycles. The smallest absolute Gasteiger partial charge is 0.446 e. The maximum atomic E-state index is 13.3. The molecule has 1 saturated carbocycles. The highest BCUT2D eigenvalue weighted by molar-refractivity contribution is 8.00. The predicted molar refractivity (Wildman–Crippen MR) is 118 cm³/mol. The number of aromatic nitrogens is 1. The van der Waals surface area contributed by atoms with Gasteiger partial charge in [0, 0.05) is 23.8 Å². The van der Waals surface area contributed by atoms with Crippen LogP contribution in [0.5, 0.6) is 0 Å². The molecule has 1 spiro atoms. The predicted octanol–water partition coefficient (Wildman–Crippen LogP) is 5.15. The lowest BCUT2D eigenvalue weighted by molar-refractivity contribution is -0.120. The average Bonchev–Trinajstić information content (AvgIpc) is 3.49. The fourth-order valence-electron chi connectivity index (χ4n) is 3.81. The van der Waals surface area contributed by atoms with Gasteiger partial charge in [0.2, 0.25) is 0 Å². The molecule has 1 aromatic carbocycles. The van der Waals surface area contributed by atoms with Crippen LogP contribution in [0.3, 0.4) is 0 Å². The Morgan fingerprint density at radius 1 is 1.12 bits per heavy atom. The zero-order chi connectivity index (χ0) is 24.9. The van der Waals surface area contributed by atoms with E-state index in [2.05, 4.69) is 4.98 Å². The van der Waals surface area contributed by atoms with Crippen LogP contribution < -0.4 is 4.90 Å². The van der Waals surface area contributed by atoms with E-state index in [0.717, 1.165) is 4.90 Å². The molecular formula is C23H22F3N3O4S. The summed E-state index contributed by atoms with van der Waals surface area (Å²) in [6, 6.07) is 6.09. The molecule has 11 heteroatoms. The van der Waals surface area contributed by atoms with Crippen LogP contribution in [-0.4, -0.2) is 44.4 Å². The van der Waals surface area contributed by atoms with E-state index in [9.17, 15) is 27.6 Å². The average molecular weight is 494 g/mol. The number of rotatable bonds is 5. The first-order valence-electron chi connectivity index (χ1n) is 10.5. The van der Waals surface area contributed by atoms with Crippen LogP contribution in [0.2, 0.25) is 0 Å². The SMILES string of the molecule is CC(C)(C)OC(=O)c1cnccc1CN1C(=O)N(c2ccc(SC(F)(F)F)cc2)C(=O)C12CC2. The normalized spacial score (nSPS) is 17.5. The Kier molecular flexibility index (Phi) is 5.87. The van der Waals surface area contributed by atoms with E-state index in [0.29, 0.717) is 18.4 Å². The van der Waals surface area contributed by atoms with Gasteiger partial charge in [-0.2, -0.15) is 13.2 Å². The third kappa shape index (κ3) is 4.75. The van der Waals surface area contributed by atoms with E-state index in [1.807, 2.05) is 0 Å². The molecule has 180 valence electrons. The number of nitrogens with zero attached hydrogens (tertiary/aromatic N) is 3. The first-order chi connectivity index (χ1) is 15.8. The number of hydrogen-bond acceptors (Lipinski definition) is 6. The molecule has 0 N–H and O–H groups in total. The van der Waals surface area contributed by atoms with E-state index < -0.39 is 34.6 Å². The van der Waals surface area contributed by atoms with Crippen molar-refractivity contribution >= 4 is 35.4 Å². The number of carbonyl (C=O) groups is 3. The summed E-state index contributed by atoms with van der Waals surface area (Å²) in [5, 5.41) is 0. The Labute approximate surface area is 198 Å². The number of imide groups is 1. The van der Waals surface area contributed by atoms with Gasteiger partial charge in [-0.3, -0.25) is 9.78 Å². The van der Waals surface area contributed by atoms with Crippen molar-refractivity contribution in [1.29, 1.82) is 0 Å². The molecule has 1 aliphatic heterocycles. The Morgan fingerprint density at radius 2 is 1.76 bits per heavy atom. The molecule has 2 aromatic rings.